The lowest BCUT2D eigenvalue weighted by atomic mass is 10.0. The monoisotopic (exact) mass is 239 g/mol. The molecule has 2 N–H and O–H groups in total. The van der Waals surface area contributed by atoms with Gasteiger partial charge in [0.25, 0.3) is 0 Å². The second-order valence-corrected chi connectivity index (χ2v) is 5.61. The minimum Gasteiger partial charge on any atom is -0.387 e. The Hall–Kier alpha value is -0.570. The third-order valence-electron chi connectivity index (χ3n) is 3.25. The molecule has 0 radical (unpaired) electrons. The van der Waals surface area contributed by atoms with Gasteiger partial charge in [-0.3, -0.25) is 0 Å². The number of aliphatic hydroxyl groups is 1. The van der Waals surface area contributed by atoms with Crippen molar-refractivity contribution in [1.29, 1.82) is 0 Å². The number of benzene rings is 1. The molecule has 0 unspecified atom stereocenters. The molecule has 1 saturated heterocycles. The quantitative estimate of drug-likeness (QED) is 0.832. The largest absolute Gasteiger partial charge is 0.387 e. The summed E-state index contributed by atoms with van der Waals surface area (Å²) in [7, 11) is 0. The molecule has 2 nitrogen and oxygen atoms in total. The highest BCUT2D eigenvalue weighted by atomic mass is 35.5. The van der Waals surface area contributed by atoms with Gasteiger partial charge in [-0.2, -0.15) is 0 Å². The summed E-state index contributed by atoms with van der Waals surface area (Å²) in [5.74, 6) is 0. The Morgan fingerprint density at radius 1 is 1.38 bits per heavy atom. The zero-order valence-electron chi connectivity index (χ0n) is 9.70. The number of rotatable bonds is 2. The first-order valence-corrected chi connectivity index (χ1v) is 6.07. The second kappa shape index (κ2) is 4.36. The van der Waals surface area contributed by atoms with Crippen LogP contribution in [0.2, 0.25) is 5.02 Å². The fourth-order valence-corrected chi connectivity index (χ4v) is 2.42. The first kappa shape index (κ1) is 11.9. The van der Waals surface area contributed by atoms with E-state index in [1.807, 2.05) is 24.3 Å². The van der Waals surface area contributed by atoms with Crippen molar-refractivity contribution in [3.05, 3.63) is 34.9 Å². The van der Waals surface area contributed by atoms with E-state index in [0.717, 1.165) is 18.4 Å². The number of aliphatic hydroxyl groups excluding tert-OH is 1. The number of hydrogen-bond donors (Lipinski definition) is 2. The van der Waals surface area contributed by atoms with Crippen molar-refractivity contribution in [1.82, 2.24) is 5.32 Å². The van der Waals surface area contributed by atoms with Crippen molar-refractivity contribution in [3.8, 4) is 0 Å². The van der Waals surface area contributed by atoms with Gasteiger partial charge in [0.1, 0.15) is 0 Å². The van der Waals surface area contributed by atoms with Crippen molar-refractivity contribution in [3.63, 3.8) is 0 Å². The molecule has 1 aromatic rings. The van der Waals surface area contributed by atoms with E-state index in [9.17, 15) is 5.11 Å². The highest BCUT2D eigenvalue weighted by Crippen LogP contribution is 2.30. The number of nitrogens with one attached hydrogen (secondary N) is 1. The highest BCUT2D eigenvalue weighted by molar-refractivity contribution is 6.30. The van der Waals surface area contributed by atoms with Gasteiger partial charge in [0.2, 0.25) is 0 Å². The Morgan fingerprint density at radius 2 is 2.00 bits per heavy atom. The molecule has 1 fully saturated rings. The molecule has 0 bridgehead atoms. The average molecular weight is 240 g/mol. The van der Waals surface area contributed by atoms with Crippen LogP contribution in [0.3, 0.4) is 0 Å². The smallest absolute Gasteiger partial charge is 0.0943 e. The van der Waals surface area contributed by atoms with Gasteiger partial charge in [0, 0.05) is 16.6 Å². The summed E-state index contributed by atoms with van der Waals surface area (Å²) in [6, 6.07) is 7.57. The number of halogens is 1. The Kier molecular flexibility index (Phi) is 3.24. The van der Waals surface area contributed by atoms with E-state index in [-0.39, 0.29) is 11.6 Å². The van der Waals surface area contributed by atoms with Crippen LogP contribution >= 0.6 is 11.6 Å². The van der Waals surface area contributed by atoms with Gasteiger partial charge < -0.3 is 10.4 Å². The summed E-state index contributed by atoms with van der Waals surface area (Å²) in [4.78, 5) is 0. The van der Waals surface area contributed by atoms with Gasteiger partial charge >= 0.3 is 0 Å². The summed E-state index contributed by atoms with van der Waals surface area (Å²) in [6.07, 6.45) is 1.66. The Balaban J connectivity index is 2.08. The van der Waals surface area contributed by atoms with Crippen molar-refractivity contribution in [2.24, 2.45) is 0 Å². The molecule has 2 rings (SSSR count). The minimum atomic E-state index is -0.445. The highest BCUT2D eigenvalue weighted by Gasteiger charge is 2.34. The zero-order valence-corrected chi connectivity index (χ0v) is 10.5. The van der Waals surface area contributed by atoms with Crippen LogP contribution in [0, 0.1) is 0 Å². The lowest BCUT2D eigenvalue weighted by molar-refractivity contribution is 0.131. The molecular formula is C13H18ClNO. The molecule has 88 valence electrons. The zero-order chi connectivity index (χ0) is 11.8. The SMILES string of the molecule is CC1(C)CC[C@@H]([C@H](O)c2ccc(Cl)cc2)N1. The van der Waals surface area contributed by atoms with Crippen LogP contribution in [-0.2, 0) is 0 Å². The molecule has 1 heterocycles. The fraction of sp³-hybridized carbons (Fsp3) is 0.538. The van der Waals surface area contributed by atoms with E-state index in [1.54, 1.807) is 0 Å². The molecule has 0 spiro atoms. The van der Waals surface area contributed by atoms with Crippen LogP contribution < -0.4 is 5.32 Å². The molecule has 0 aromatic heterocycles. The third kappa shape index (κ3) is 2.57. The van der Waals surface area contributed by atoms with Crippen molar-refractivity contribution < 1.29 is 5.11 Å². The maximum atomic E-state index is 10.2. The minimum absolute atomic E-state index is 0.137. The van der Waals surface area contributed by atoms with Crippen molar-refractivity contribution in [2.75, 3.05) is 0 Å². The summed E-state index contributed by atoms with van der Waals surface area (Å²) in [5.41, 5.74) is 1.07. The summed E-state index contributed by atoms with van der Waals surface area (Å²) >= 11 is 5.82. The maximum absolute atomic E-state index is 10.2. The second-order valence-electron chi connectivity index (χ2n) is 5.17. The first-order valence-electron chi connectivity index (χ1n) is 5.69. The molecule has 1 aliphatic heterocycles. The maximum Gasteiger partial charge on any atom is 0.0943 e. The Labute approximate surface area is 102 Å². The van der Waals surface area contributed by atoms with Crippen LogP contribution in [0.4, 0.5) is 0 Å². The van der Waals surface area contributed by atoms with Gasteiger partial charge in [0.15, 0.2) is 0 Å². The normalized spacial score (nSPS) is 25.6. The van der Waals surface area contributed by atoms with Gasteiger partial charge in [-0.25, -0.2) is 0 Å². The van der Waals surface area contributed by atoms with Gasteiger partial charge in [-0.05, 0) is 44.4 Å². The molecule has 3 heteroatoms. The summed E-state index contributed by atoms with van der Waals surface area (Å²) in [5, 5.41) is 14.4. The van der Waals surface area contributed by atoms with Gasteiger partial charge in [-0.15, -0.1) is 0 Å². The van der Waals surface area contributed by atoms with Crippen LogP contribution in [0.5, 0.6) is 0 Å². The molecule has 1 aromatic carbocycles. The summed E-state index contributed by atoms with van der Waals surface area (Å²) in [6.45, 7) is 4.34. The molecule has 2 atom stereocenters. The number of hydrogen-bond acceptors (Lipinski definition) is 2. The van der Waals surface area contributed by atoms with Gasteiger partial charge in [0.05, 0.1) is 6.10 Å². The Bertz CT molecular complexity index is 361. The molecule has 16 heavy (non-hydrogen) atoms. The standard InChI is InChI=1S/C13H18ClNO/c1-13(2)8-7-11(15-13)12(16)9-3-5-10(14)6-4-9/h3-6,11-12,15-16H,7-8H2,1-2H3/t11-,12+/m0/s1. The molecule has 0 amide bonds. The van der Waals surface area contributed by atoms with E-state index in [1.165, 1.54) is 0 Å². The van der Waals surface area contributed by atoms with E-state index >= 15 is 0 Å². The van der Waals surface area contributed by atoms with Crippen molar-refractivity contribution >= 4 is 11.6 Å². The molecular weight excluding hydrogens is 222 g/mol. The molecule has 0 aliphatic carbocycles. The van der Waals surface area contributed by atoms with Gasteiger partial charge in [-0.1, -0.05) is 23.7 Å². The molecule has 1 aliphatic rings. The van der Waals surface area contributed by atoms with E-state index < -0.39 is 6.10 Å². The molecule has 0 saturated carbocycles. The van der Waals surface area contributed by atoms with Crippen LogP contribution in [0.1, 0.15) is 38.4 Å². The van der Waals surface area contributed by atoms with Crippen LogP contribution in [0.15, 0.2) is 24.3 Å². The van der Waals surface area contributed by atoms with E-state index in [0.29, 0.717) is 5.02 Å². The topological polar surface area (TPSA) is 32.3 Å². The first-order chi connectivity index (χ1) is 7.48. The fourth-order valence-electron chi connectivity index (χ4n) is 2.29. The average Bonchev–Trinajstić information content (AvgIpc) is 2.59. The van der Waals surface area contributed by atoms with Crippen LogP contribution in [-0.4, -0.2) is 16.7 Å². The summed E-state index contributed by atoms with van der Waals surface area (Å²) < 4.78 is 0. The van der Waals surface area contributed by atoms with E-state index in [4.69, 9.17) is 11.6 Å². The predicted octanol–water partition coefficient (Wildman–Crippen LogP) is 2.90. The van der Waals surface area contributed by atoms with Crippen LogP contribution in [0.25, 0.3) is 0 Å². The lowest BCUT2D eigenvalue weighted by Gasteiger charge is -2.23. The third-order valence-corrected chi connectivity index (χ3v) is 3.50. The lowest BCUT2D eigenvalue weighted by Crippen LogP contribution is -2.40. The predicted molar refractivity (Wildman–Crippen MR) is 66.6 cm³/mol. The Morgan fingerprint density at radius 3 is 2.50 bits per heavy atom. The van der Waals surface area contributed by atoms with E-state index in [2.05, 4.69) is 19.2 Å². The van der Waals surface area contributed by atoms with Crippen molar-refractivity contribution in [2.45, 2.75) is 44.4 Å².